The van der Waals surface area contributed by atoms with Crippen LogP contribution < -0.4 is 5.73 Å². The number of nitrogens with two attached hydrogens (primary N) is 1. The minimum Gasteiger partial charge on any atom is -0.409 e. The lowest BCUT2D eigenvalue weighted by Crippen LogP contribution is -2.34. The Kier molecular flexibility index (Phi) is 2.82. The van der Waals surface area contributed by atoms with Crippen molar-refractivity contribution in [2.45, 2.75) is 18.8 Å². The van der Waals surface area contributed by atoms with Crippen molar-refractivity contribution in [1.82, 2.24) is 0 Å². The number of hydrogen-bond donors (Lipinski definition) is 2. The first kappa shape index (κ1) is 10.3. The summed E-state index contributed by atoms with van der Waals surface area (Å²) < 4.78 is 0. The smallest absolute Gasteiger partial charge is 0.142 e. The Hall–Kier alpha value is -1.22. The third-order valence-electron chi connectivity index (χ3n) is 3.01. The van der Waals surface area contributed by atoms with Gasteiger partial charge in [0.25, 0.3) is 0 Å². The summed E-state index contributed by atoms with van der Waals surface area (Å²) in [6.07, 6.45) is 1.91. The Labute approximate surface area is 93.5 Å². The van der Waals surface area contributed by atoms with Crippen molar-refractivity contribution in [3.63, 3.8) is 0 Å². The normalized spacial score (nSPS) is 26.1. The molecule has 4 heteroatoms. The number of halogens is 1. The van der Waals surface area contributed by atoms with E-state index in [0.717, 1.165) is 17.9 Å². The molecule has 3 nitrogen and oxygen atoms in total. The van der Waals surface area contributed by atoms with Gasteiger partial charge < -0.3 is 10.9 Å². The van der Waals surface area contributed by atoms with Crippen LogP contribution in [0.2, 0.25) is 5.02 Å². The first-order chi connectivity index (χ1) is 7.20. The number of nitrogens with zero attached hydrogens (tertiary/aromatic N) is 1. The van der Waals surface area contributed by atoms with Crippen LogP contribution >= 0.6 is 11.6 Å². The van der Waals surface area contributed by atoms with E-state index in [-0.39, 0.29) is 5.92 Å². The molecule has 2 rings (SSSR count). The predicted octanol–water partition coefficient (Wildman–Crippen LogP) is 2.58. The lowest BCUT2D eigenvalue weighted by atomic mass is 9.71. The summed E-state index contributed by atoms with van der Waals surface area (Å²) >= 11 is 5.81. The monoisotopic (exact) mass is 224 g/mol. The molecule has 0 amide bonds. The van der Waals surface area contributed by atoms with Crippen molar-refractivity contribution in [1.29, 1.82) is 0 Å². The molecule has 1 aliphatic carbocycles. The van der Waals surface area contributed by atoms with Crippen LogP contribution in [0.1, 0.15) is 24.3 Å². The number of benzene rings is 1. The molecule has 1 aromatic carbocycles. The largest absolute Gasteiger partial charge is 0.409 e. The van der Waals surface area contributed by atoms with E-state index in [1.54, 1.807) is 0 Å². The molecule has 0 spiro atoms. The second kappa shape index (κ2) is 4.11. The fraction of sp³-hybridized carbons (Fsp3) is 0.364. The topological polar surface area (TPSA) is 58.6 Å². The van der Waals surface area contributed by atoms with Gasteiger partial charge in [0.2, 0.25) is 0 Å². The molecule has 0 unspecified atom stereocenters. The van der Waals surface area contributed by atoms with Crippen molar-refractivity contribution < 1.29 is 5.21 Å². The Bertz CT molecular complexity index is 369. The summed E-state index contributed by atoms with van der Waals surface area (Å²) in [7, 11) is 0. The highest BCUT2D eigenvalue weighted by Crippen LogP contribution is 2.41. The van der Waals surface area contributed by atoms with E-state index in [1.165, 1.54) is 5.56 Å². The Morgan fingerprint density at radius 1 is 1.33 bits per heavy atom. The van der Waals surface area contributed by atoms with Crippen LogP contribution in [0.15, 0.2) is 29.4 Å². The van der Waals surface area contributed by atoms with Gasteiger partial charge in [0.05, 0.1) is 0 Å². The molecule has 3 N–H and O–H groups in total. The average Bonchev–Trinajstić information content (AvgIpc) is 2.18. The molecule has 0 atom stereocenters. The molecule has 1 aromatic rings. The SMILES string of the molecule is NC(=NO)C1CC(c2ccc(Cl)cc2)C1. The highest BCUT2D eigenvalue weighted by molar-refractivity contribution is 6.30. The molecule has 0 saturated heterocycles. The minimum atomic E-state index is 0.232. The maximum absolute atomic E-state index is 8.51. The van der Waals surface area contributed by atoms with E-state index >= 15 is 0 Å². The predicted molar refractivity (Wildman–Crippen MR) is 60.3 cm³/mol. The highest BCUT2D eigenvalue weighted by Gasteiger charge is 2.32. The molecule has 0 aromatic heterocycles. The van der Waals surface area contributed by atoms with Gasteiger partial charge in [-0.25, -0.2) is 0 Å². The van der Waals surface area contributed by atoms with E-state index in [9.17, 15) is 0 Å². The standard InChI is InChI=1S/C11H13ClN2O/c12-10-3-1-7(2-4-10)8-5-9(6-8)11(13)14-15/h1-4,8-9,15H,5-6H2,(H2,13,14). The van der Waals surface area contributed by atoms with Gasteiger partial charge in [-0.1, -0.05) is 28.9 Å². The van der Waals surface area contributed by atoms with Gasteiger partial charge in [-0.05, 0) is 36.5 Å². The van der Waals surface area contributed by atoms with Crippen molar-refractivity contribution in [2.75, 3.05) is 0 Å². The molecule has 0 radical (unpaired) electrons. The zero-order valence-electron chi connectivity index (χ0n) is 8.23. The van der Waals surface area contributed by atoms with E-state index in [1.807, 2.05) is 24.3 Å². The third-order valence-corrected chi connectivity index (χ3v) is 3.27. The first-order valence-electron chi connectivity index (χ1n) is 4.93. The molecular weight excluding hydrogens is 212 g/mol. The molecule has 1 aliphatic rings. The maximum atomic E-state index is 8.51. The summed E-state index contributed by atoms with van der Waals surface area (Å²) in [5, 5.41) is 12.3. The Balaban J connectivity index is 1.97. The van der Waals surface area contributed by atoms with Gasteiger partial charge >= 0.3 is 0 Å². The number of rotatable bonds is 2. The Morgan fingerprint density at radius 3 is 2.47 bits per heavy atom. The molecule has 0 heterocycles. The van der Waals surface area contributed by atoms with E-state index in [4.69, 9.17) is 22.5 Å². The van der Waals surface area contributed by atoms with Crippen molar-refractivity contribution in [3.8, 4) is 0 Å². The number of amidine groups is 1. The molecule has 0 bridgehead atoms. The summed E-state index contributed by atoms with van der Waals surface area (Å²) in [4.78, 5) is 0. The number of oxime groups is 1. The van der Waals surface area contributed by atoms with Gasteiger partial charge in [-0.15, -0.1) is 0 Å². The zero-order valence-corrected chi connectivity index (χ0v) is 8.98. The van der Waals surface area contributed by atoms with Crippen molar-refractivity contribution in [2.24, 2.45) is 16.8 Å². The molecular formula is C11H13ClN2O. The van der Waals surface area contributed by atoms with Crippen LogP contribution in [0.25, 0.3) is 0 Å². The maximum Gasteiger partial charge on any atom is 0.142 e. The fourth-order valence-electron chi connectivity index (χ4n) is 1.95. The lowest BCUT2D eigenvalue weighted by Gasteiger charge is -2.34. The molecule has 1 fully saturated rings. The molecule has 1 saturated carbocycles. The third kappa shape index (κ3) is 2.07. The second-order valence-electron chi connectivity index (χ2n) is 3.94. The lowest BCUT2D eigenvalue weighted by molar-refractivity contribution is 0.292. The zero-order chi connectivity index (χ0) is 10.8. The van der Waals surface area contributed by atoms with Crippen molar-refractivity contribution in [3.05, 3.63) is 34.9 Å². The van der Waals surface area contributed by atoms with Gasteiger partial charge in [-0.3, -0.25) is 0 Å². The Morgan fingerprint density at radius 2 is 1.93 bits per heavy atom. The van der Waals surface area contributed by atoms with Gasteiger partial charge in [0.15, 0.2) is 0 Å². The summed E-state index contributed by atoms with van der Waals surface area (Å²) in [5.41, 5.74) is 6.80. The second-order valence-corrected chi connectivity index (χ2v) is 4.38. The first-order valence-corrected chi connectivity index (χ1v) is 5.31. The number of hydrogen-bond acceptors (Lipinski definition) is 2. The van der Waals surface area contributed by atoms with Crippen LogP contribution in [0.5, 0.6) is 0 Å². The van der Waals surface area contributed by atoms with Crippen LogP contribution in [-0.4, -0.2) is 11.0 Å². The van der Waals surface area contributed by atoms with E-state index in [2.05, 4.69) is 5.16 Å². The molecule has 80 valence electrons. The summed E-state index contributed by atoms with van der Waals surface area (Å²) in [6.45, 7) is 0. The summed E-state index contributed by atoms with van der Waals surface area (Å²) in [6, 6.07) is 7.87. The quantitative estimate of drug-likeness (QED) is 0.351. The molecule has 15 heavy (non-hydrogen) atoms. The fourth-order valence-corrected chi connectivity index (χ4v) is 2.07. The average molecular weight is 225 g/mol. The van der Waals surface area contributed by atoms with Crippen molar-refractivity contribution >= 4 is 17.4 Å². The van der Waals surface area contributed by atoms with E-state index in [0.29, 0.717) is 11.8 Å². The van der Waals surface area contributed by atoms with Crippen LogP contribution in [-0.2, 0) is 0 Å². The van der Waals surface area contributed by atoms with Gasteiger partial charge in [0, 0.05) is 10.9 Å². The van der Waals surface area contributed by atoms with Crippen LogP contribution in [0.4, 0.5) is 0 Å². The van der Waals surface area contributed by atoms with Crippen LogP contribution in [0, 0.1) is 5.92 Å². The van der Waals surface area contributed by atoms with Crippen LogP contribution in [0.3, 0.4) is 0 Å². The highest BCUT2D eigenvalue weighted by atomic mass is 35.5. The van der Waals surface area contributed by atoms with E-state index < -0.39 is 0 Å². The molecule has 0 aliphatic heterocycles. The minimum absolute atomic E-state index is 0.232. The summed E-state index contributed by atoms with van der Waals surface area (Å²) in [5.74, 6) is 1.10. The van der Waals surface area contributed by atoms with Gasteiger partial charge in [0.1, 0.15) is 5.84 Å². The van der Waals surface area contributed by atoms with Gasteiger partial charge in [-0.2, -0.15) is 0 Å².